The molecule has 0 amide bonds. The van der Waals surface area contributed by atoms with Gasteiger partial charge in [-0.2, -0.15) is 0 Å². The molecule has 0 saturated heterocycles. The van der Waals surface area contributed by atoms with Crippen LogP contribution in [0.15, 0.2) is 82.6 Å². The van der Waals surface area contributed by atoms with Crippen LogP contribution >= 0.6 is 0 Å². The van der Waals surface area contributed by atoms with Gasteiger partial charge in [-0.1, -0.05) is 73.5 Å². The molecule has 0 unspecified atom stereocenters. The van der Waals surface area contributed by atoms with Crippen molar-refractivity contribution in [2.24, 2.45) is 11.8 Å². The SMILES string of the molecule is Cc1ccc(S(=O)(=O)CC(CS(=O)(=O)c2ccc(C)cc2)C(=O)c2ccc(C(=O)CC(C)C)cc2)cc1. The Morgan fingerprint density at radius 1 is 0.622 bits per heavy atom. The zero-order chi connectivity index (χ0) is 27.4. The van der Waals surface area contributed by atoms with E-state index in [1.165, 1.54) is 48.5 Å². The summed E-state index contributed by atoms with van der Waals surface area (Å²) >= 11 is 0. The fourth-order valence-corrected chi connectivity index (χ4v) is 7.19. The summed E-state index contributed by atoms with van der Waals surface area (Å²) in [5, 5.41) is 0. The molecule has 0 radical (unpaired) electrons. The summed E-state index contributed by atoms with van der Waals surface area (Å²) in [6, 6.07) is 18.4. The zero-order valence-electron chi connectivity index (χ0n) is 21.5. The van der Waals surface area contributed by atoms with Gasteiger partial charge in [-0.3, -0.25) is 9.59 Å². The lowest BCUT2D eigenvalue weighted by Gasteiger charge is -2.17. The van der Waals surface area contributed by atoms with Crippen LogP contribution in [0.25, 0.3) is 0 Å². The van der Waals surface area contributed by atoms with Crippen LogP contribution in [-0.4, -0.2) is 39.9 Å². The highest BCUT2D eigenvalue weighted by Gasteiger charge is 2.32. The molecule has 0 aromatic heterocycles. The van der Waals surface area contributed by atoms with E-state index in [1.807, 2.05) is 27.7 Å². The Hall–Kier alpha value is -3.10. The largest absolute Gasteiger partial charge is 0.294 e. The van der Waals surface area contributed by atoms with E-state index in [4.69, 9.17) is 0 Å². The van der Waals surface area contributed by atoms with Crippen molar-refractivity contribution < 1.29 is 26.4 Å². The van der Waals surface area contributed by atoms with Crippen molar-refractivity contribution in [1.29, 1.82) is 0 Å². The fourth-order valence-electron chi connectivity index (χ4n) is 3.96. The number of carbonyl (C=O) groups excluding carboxylic acids is 2. The van der Waals surface area contributed by atoms with Gasteiger partial charge >= 0.3 is 0 Å². The van der Waals surface area contributed by atoms with E-state index in [2.05, 4.69) is 0 Å². The molecule has 0 aliphatic carbocycles. The fraction of sp³-hybridized carbons (Fsp3) is 0.310. The Balaban J connectivity index is 1.96. The second kappa shape index (κ2) is 11.5. The van der Waals surface area contributed by atoms with Crippen molar-refractivity contribution >= 4 is 31.2 Å². The van der Waals surface area contributed by atoms with Gasteiger partial charge in [0.15, 0.2) is 31.2 Å². The molecular formula is C29H32O6S2. The van der Waals surface area contributed by atoms with E-state index in [0.717, 1.165) is 11.1 Å². The molecule has 0 saturated carbocycles. The normalized spacial score (nSPS) is 12.2. The lowest BCUT2D eigenvalue weighted by Crippen LogP contribution is -2.31. The Kier molecular flexibility index (Phi) is 8.87. The highest BCUT2D eigenvalue weighted by molar-refractivity contribution is 7.92. The first-order valence-corrected chi connectivity index (χ1v) is 15.4. The molecule has 3 rings (SSSR count). The van der Waals surface area contributed by atoms with Gasteiger partial charge in [-0.15, -0.1) is 0 Å². The number of aryl methyl sites for hydroxylation is 2. The number of rotatable bonds is 11. The molecule has 6 nitrogen and oxygen atoms in total. The van der Waals surface area contributed by atoms with E-state index in [9.17, 15) is 26.4 Å². The third-order valence-electron chi connectivity index (χ3n) is 6.06. The first-order chi connectivity index (χ1) is 17.3. The second-order valence-corrected chi connectivity index (χ2v) is 13.9. The average molecular weight is 541 g/mol. The van der Waals surface area contributed by atoms with E-state index in [0.29, 0.717) is 12.0 Å². The van der Waals surface area contributed by atoms with Gasteiger partial charge in [0.05, 0.1) is 27.2 Å². The van der Waals surface area contributed by atoms with Crippen LogP contribution in [0.2, 0.25) is 0 Å². The first-order valence-electron chi connectivity index (χ1n) is 12.0. The molecule has 37 heavy (non-hydrogen) atoms. The molecule has 0 N–H and O–H groups in total. The Labute approximate surface area is 219 Å². The summed E-state index contributed by atoms with van der Waals surface area (Å²) in [6.45, 7) is 7.52. The molecule has 3 aromatic rings. The van der Waals surface area contributed by atoms with Crippen molar-refractivity contribution in [3.63, 3.8) is 0 Å². The number of carbonyl (C=O) groups is 2. The summed E-state index contributed by atoms with van der Waals surface area (Å²) in [7, 11) is -7.93. The van der Waals surface area contributed by atoms with Gasteiger partial charge < -0.3 is 0 Å². The minimum absolute atomic E-state index is 0.0262. The predicted molar refractivity (Wildman–Crippen MR) is 145 cm³/mol. The third kappa shape index (κ3) is 7.46. The summed E-state index contributed by atoms with van der Waals surface area (Å²) in [4.78, 5) is 25.9. The number of hydrogen-bond donors (Lipinski definition) is 0. The summed E-state index contributed by atoms with van der Waals surface area (Å²) in [6.07, 6.45) is 0.361. The lowest BCUT2D eigenvalue weighted by molar-refractivity contribution is 0.0937. The molecule has 8 heteroatoms. The van der Waals surface area contributed by atoms with Crippen molar-refractivity contribution in [2.75, 3.05) is 11.5 Å². The maximum absolute atomic E-state index is 13.5. The minimum atomic E-state index is -3.97. The quantitative estimate of drug-likeness (QED) is 0.307. The molecule has 0 fully saturated rings. The van der Waals surface area contributed by atoms with Gasteiger partial charge in [0.1, 0.15) is 0 Å². The van der Waals surface area contributed by atoms with Gasteiger partial charge in [0.2, 0.25) is 0 Å². The molecule has 3 aromatic carbocycles. The highest BCUT2D eigenvalue weighted by Crippen LogP contribution is 2.23. The van der Waals surface area contributed by atoms with Crippen molar-refractivity contribution in [1.82, 2.24) is 0 Å². The summed E-state index contributed by atoms with van der Waals surface area (Å²) in [5.74, 6) is -3.14. The number of hydrogen-bond acceptors (Lipinski definition) is 6. The summed E-state index contributed by atoms with van der Waals surface area (Å²) in [5.41, 5.74) is 2.35. The first kappa shape index (κ1) is 28.5. The molecular weight excluding hydrogens is 508 g/mol. The smallest absolute Gasteiger partial charge is 0.179 e. The molecule has 0 aliphatic rings. The molecule has 0 heterocycles. The predicted octanol–water partition coefficient (Wildman–Crippen LogP) is 5.28. The third-order valence-corrected chi connectivity index (χ3v) is 9.72. The number of Topliss-reactive ketones (excluding diaryl/α,β-unsaturated/α-hetero) is 2. The Bertz CT molecular complexity index is 1390. The van der Waals surface area contributed by atoms with Crippen LogP contribution in [0, 0.1) is 25.7 Å². The number of ketones is 2. The Morgan fingerprint density at radius 2 is 1.00 bits per heavy atom. The van der Waals surface area contributed by atoms with E-state index < -0.39 is 42.9 Å². The molecule has 0 aliphatic heterocycles. The Morgan fingerprint density at radius 3 is 1.38 bits per heavy atom. The topological polar surface area (TPSA) is 102 Å². The van der Waals surface area contributed by atoms with Crippen molar-refractivity contribution in [3.05, 3.63) is 95.1 Å². The lowest BCUT2D eigenvalue weighted by atomic mass is 9.96. The van der Waals surface area contributed by atoms with Crippen LogP contribution in [0.3, 0.4) is 0 Å². The van der Waals surface area contributed by atoms with Crippen LogP contribution < -0.4 is 0 Å². The maximum atomic E-state index is 13.5. The van der Waals surface area contributed by atoms with Crippen molar-refractivity contribution in [3.8, 4) is 0 Å². The second-order valence-electron chi connectivity index (χ2n) is 9.85. The standard InChI is InChI=1S/C29H32O6S2/c1-20(2)17-28(30)23-9-11-24(12-10-23)29(31)25(18-36(32,33)26-13-5-21(3)6-14-26)19-37(34,35)27-15-7-22(4)8-16-27/h5-16,20,25H,17-19H2,1-4H3. The van der Waals surface area contributed by atoms with Crippen LogP contribution in [-0.2, 0) is 19.7 Å². The van der Waals surface area contributed by atoms with E-state index >= 15 is 0 Å². The van der Waals surface area contributed by atoms with Gasteiger partial charge in [-0.05, 0) is 44.0 Å². The summed E-state index contributed by atoms with van der Waals surface area (Å²) < 4.78 is 52.8. The maximum Gasteiger partial charge on any atom is 0.179 e. The van der Waals surface area contributed by atoms with Crippen molar-refractivity contribution in [2.45, 2.75) is 43.9 Å². The minimum Gasteiger partial charge on any atom is -0.294 e. The molecule has 0 spiro atoms. The monoisotopic (exact) mass is 540 g/mol. The highest BCUT2D eigenvalue weighted by atomic mass is 32.2. The van der Waals surface area contributed by atoms with Gasteiger partial charge in [-0.25, -0.2) is 16.8 Å². The average Bonchev–Trinajstić information content (AvgIpc) is 2.83. The number of benzene rings is 3. The number of sulfone groups is 2. The van der Waals surface area contributed by atoms with E-state index in [-0.39, 0.29) is 27.1 Å². The molecule has 196 valence electrons. The van der Waals surface area contributed by atoms with Gasteiger partial charge in [0.25, 0.3) is 0 Å². The van der Waals surface area contributed by atoms with Crippen LogP contribution in [0.4, 0.5) is 0 Å². The molecule has 0 bridgehead atoms. The molecule has 0 atom stereocenters. The van der Waals surface area contributed by atoms with Gasteiger partial charge in [0, 0.05) is 17.5 Å². The van der Waals surface area contributed by atoms with Crippen LogP contribution in [0.1, 0.15) is 52.1 Å². The zero-order valence-corrected chi connectivity index (χ0v) is 23.1. The van der Waals surface area contributed by atoms with Crippen LogP contribution in [0.5, 0.6) is 0 Å². The van der Waals surface area contributed by atoms with E-state index in [1.54, 1.807) is 24.3 Å².